The number of piperidine rings is 1. The second-order valence-electron chi connectivity index (χ2n) is 8.34. The van der Waals surface area contributed by atoms with Gasteiger partial charge in [-0.2, -0.15) is 0 Å². The van der Waals surface area contributed by atoms with Crippen LogP contribution in [0.5, 0.6) is 0 Å². The van der Waals surface area contributed by atoms with E-state index in [9.17, 15) is 9.18 Å². The van der Waals surface area contributed by atoms with Crippen molar-refractivity contribution in [1.82, 2.24) is 9.80 Å². The molecule has 0 spiro atoms. The van der Waals surface area contributed by atoms with Crippen molar-refractivity contribution in [1.29, 1.82) is 0 Å². The van der Waals surface area contributed by atoms with Crippen LogP contribution < -0.4 is 0 Å². The van der Waals surface area contributed by atoms with Gasteiger partial charge in [0.05, 0.1) is 0 Å². The topological polar surface area (TPSA) is 23.6 Å². The van der Waals surface area contributed by atoms with E-state index in [-0.39, 0.29) is 17.6 Å². The van der Waals surface area contributed by atoms with E-state index in [0.29, 0.717) is 13.1 Å². The zero-order chi connectivity index (χ0) is 21.5. The van der Waals surface area contributed by atoms with Gasteiger partial charge in [0.1, 0.15) is 5.82 Å². The third-order valence-corrected chi connectivity index (χ3v) is 6.00. The van der Waals surface area contributed by atoms with Crippen molar-refractivity contribution in [2.24, 2.45) is 5.92 Å². The molecule has 0 saturated carbocycles. The van der Waals surface area contributed by atoms with E-state index in [1.807, 2.05) is 53.4 Å². The van der Waals surface area contributed by atoms with Gasteiger partial charge in [-0.1, -0.05) is 72.8 Å². The van der Waals surface area contributed by atoms with Crippen molar-refractivity contribution in [2.75, 3.05) is 13.1 Å². The molecule has 3 aromatic rings. The predicted octanol–water partition coefficient (Wildman–Crippen LogP) is 5.27. The average Bonchev–Trinajstić information content (AvgIpc) is 2.82. The van der Waals surface area contributed by atoms with E-state index in [4.69, 9.17) is 0 Å². The van der Waals surface area contributed by atoms with Gasteiger partial charge < -0.3 is 4.90 Å². The second kappa shape index (κ2) is 10.4. The summed E-state index contributed by atoms with van der Waals surface area (Å²) in [5.74, 6) is 0.0935. The first-order valence-electron chi connectivity index (χ1n) is 11.0. The molecule has 0 N–H and O–H groups in total. The molecule has 0 unspecified atom stereocenters. The molecule has 3 aromatic carbocycles. The molecule has 31 heavy (non-hydrogen) atoms. The maximum Gasteiger partial charge on any atom is 0.226 e. The van der Waals surface area contributed by atoms with Crippen LogP contribution in [-0.4, -0.2) is 28.8 Å². The lowest BCUT2D eigenvalue weighted by atomic mass is 9.94. The van der Waals surface area contributed by atoms with Gasteiger partial charge in [-0.3, -0.25) is 9.69 Å². The van der Waals surface area contributed by atoms with Crippen molar-refractivity contribution in [3.63, 3.8) is 0 Å². The zero-order valence-corrected chi connectivity index (χ0v) is 17.8. The van der Waals surface area contributed by atoms with E-state index in [2.05, 4.69) is 29.2 Å². The first-order chi connectivity index (χ1) is 15.2. The Labute approximate surface area is 184 Å². The van der Waals surface area contributed by atoms with Crippen molar-refractivity contribution in [3.05, 3.63) is 107 Å². The highest BCUT2D eigenvalue weighted by Gasteiger charge is 2.28. The molecular formula is C27H29FN2O. The van der Waals surface area contributed by atoms with Crippen molar-refractivity contribution in [3.8, 4) is 0 Å². The van der Waals surface area contributed by atoms with E-state index in [1.165, 1.54) is 12.1 Å². The quantitative estimate of drug-likeness (QED) is 0.524. The van der Waals surface area contributed by atoms with Gasteiger partial charge in [0.2, 0.25) is 5.91 Å². The highest BCUT2D eigenvalue weighted by atomic mass is 19.1. The van der Waals surface area contributed by atoms with Crippen LogP contribution in [0.3, 0.4) is 0 Å². The lowest BCUT2D eigenvalue weighted by molar-refractivity contribution is -0.138. The maximum absolute atomic E-state index is 13.5. The summed E-state index contributed by atoms with van der Waals surface area (Å²) in [7, 11) is 0. The lowest BCUT2D eigenvalue weighted by Crippen LogP contribution is -2.41. The molecule has 4 heteroatoms. The summed E-state index contributed by atoms with van der Waals surface area (Å²) in [6.45, 7) is 3.84. The normalized spacial score (nSPS) is 15.0. The summed E-state index contributed by atoms with van der Waals surface area (Å²) in [6.07, 6.45) is 1.72. The van der Waals surface area contributed by atoms with Crippen LogP contribution in [0.25, 0.3) is 0 Å². The van der Waals surface area contributed by atoms with Crippen molar-refractivity contribution < 1.29 is 9.18 Å². The Morgan fingerprint density at radius 1 is 0.774 bits per heavy atom. The highest BCUT2D eigenvalue weighted by Crippen LogP contribution is 2.23. The molecule has 1 fully saturated rings. The number of benzene rings is 3. The molecule has 160 valence electrons. The Bertz CT molecular complexity index is 910. The highest BCUT2D eigenvalue weighted by molar-refractivity contribution is 5.79. The third-order valence-electron chi connectivity index (χ3n) is 6.00. The lowest BCUT2D eigenvalue weighted by Gasteiger charge is -2.34. The molecule has 0 atom stereocenters. The number of halogens is 1. The molecule has 0 aromatic heterocycles. The number of carbonyl (C=O) groups excluding carboxylic acids is 1. The van der Waals surface area contributed by atoms with Gasteiger partial charge in [0.15, 0.2) is 0 Å². The van der Waals surface area contributed by atoms with Gasteiger partial charge in [-0.05, 0) is 54.8 Å². The summed E-state index contributed by atoms with van der Waals surface area (Å²) < 4.78 is 13.1. The van der Waals surface area contributed by atoms with Gasteiger partial charge >= 0.3 is 0 Å². The van der Waals surface area contributed by atoms with E-state index >= 15 is 0 Å². The van der Waals surface area contributed by atoms with Gasteiger partial charge in [-0.15, -0.1) is 0 Å². The van der Waals surface area contributed by atoms with Crippen LogP contribution >= 0.6 is 0 Å². The molecule has 1 heterocycles. The summed E-state index contributed by atoms with van der Waals surface area (Å²) in [6, 6.07) is 27.1. The van der Waals surface area contributed by atoms with Crippen molar-refractivity contribution in [2.45, 2.75) is 32.5 Å². The Kier molecular flexibility index (Phi) is 7.11. The number of nitrogens with zero attached hydrogens (tertiary/aromatic N) is 2. The van der Waals surface area contributed by atoms with E-state index in [1.54, 1.807) is 0 Å². The summed E-state index contributed by atoms with van der Waals surface area (Å²) in [4.78, 5) is 17.8. The molecule has 3 nitrogen and oxygen atoms in total. The fourth-order valence-corrected chi connectivity index (χ4v) is 4.26. The maximum atomic E-state index is 13.5. The van der Waals surface area contributed by atoms with Crippen LogP contribution in [0.1, 0.15) is 29.5 Å². The van der Waals surface area contributed by atoms with Crippen LogP contribution in [-0.2, 0) is 24.4 Å². The SMILES string of the molecule is O=C(C1CCN(Cc2ccc(F)cc2)CC1)N(Cc1ccccc1)Cc1ccccc1. The fourth-order valence-electron chi connectivity index (χ4n) is 4.26. The van der Waals surface area contributed by atoms with E-state index in [0.717, 1.165) is 49.2 Å². The Hall–Kier alpha value is -2.98. The monoisotopic (exact) mass is 416 g/mol. The van der Waals surface area contributed by atoms with Crippen molar-refractivity contribution >= 4 is 5.91 Å². The molecule has 0 aliphatic carbocycles. The number of carbonyl (C=O) groups is 1. The number of likely N-dealkylation sites (tertiary alicyclic amines) is 1. The molecule has 0 bridgehead atoms. The first-order valence-corrected chi connectivity index (χ1v) is 11.0. The van der Waals surface area contributed by atoms with Gasteiger partial charge in [-0.25, -0.2) is 4.39 Å². The number of rotatable bonds is 7. The van der Waals surface area contributed by atoms with Gasteiger partial charge in [0, 0.05) is 25.6 Å². The minimum atomic E-state index is -0.204. The minimum absolute atomic E-state index is 0.0527. The Morgan fingerprint density at radius 2 is 1.29 bits per heavy atom. The minimum Gasteiger partial charge on any atom is -0.334 e. The summed E-state index contributed by atoms with van der Waals surface area (Å²) in [5.41, 5.74) is 3.42. The molecule has 0 radical (unpaired) electrons. The van der Waals surface area contributed by atoms with Crippen LogP contribution in [0.2, 0.25) is 0 Å². The molecule has 1 aliphatic heterocycles. The molecular weight excluding hydrogens is 387 g/mol. The Morgan fingerprint density at radius 3 is 1.81 bits per heavy atom. The fraction of sp³-hybridized carbons (Fsp3) is 0.296. The smallest absolute Gasteiger partial charge is 0.226 e. The predicted molar refractivity (Wildman–Crippen MR) is 122 cm³/mol. The van der Waals surface area contributed by atoms with Crippen LogP contribution in [0, 0.1) is 11.7 Å². The average molecular weight is 417 g/mol. The zero-order valence-electron chi connectivity index (χ0n) is 17.8. The molecule has 1 aliphatic rings. The van der Waals surface area contributed by atoms with E-state index < -0.39 is 0 Å². The third kappa shape index (κ3) is 6.02. The van der Waals surface area contributed by atoms with Gasteiger partial charge in [0.25, 0.3) is 0 Å². The van der Waals surface area contributed by atoms with Crippen LogP contribution in [0.15, 0.2) is 84.9 Å². The molecule has 4 rings (SSSR count). The summed E-state index contributed by atoms with van der Waals surface area (Å²) in [5, 5.41) is 0. The summed E-state index contributed by atoms with van der Waals surface area (Å²) >= 11 is 0. The number of hydrogen-bond acceptors (Lipinski definition) is 2. The Balaban J connectivity index is 1.39. The second-order valence-corrected chi connectivity index (χ2v) is 8.34. The number of amides is 1. The molecule has 1 saturated heterocycles. The first kappa shape index (κ1) is 21.3. The largest absolute Gasteiger partial charge is 0.334 e. The van der Waals surface area contributed by atoms with Crippen LogP contribution in [0.4, 0.5) is 4.39 Å². The standard InChI is InChI=1S/C27H29FN2O/c28-26-13-11-24(12-14-26)19-29-17-15-25(16-18-29)27(31)30(20-22-7-3-1-4-8-22)21-23-9-5-2-6-10-23/h1-14,25H,15-21H2. The molecule has 1 amide bonds. The number of hydrogen-bond donors (Lipinski definition) is 0.